The van der Waals surface area contributed by atoms with E-state index in [1.807, 2.05) is 13.0 Å². The van der Waals surface area contributed by atoms with Gasteiger partial charge in [-0.25, -0.2) is 0 Å². The molecule has 3 heteroatoms. The van der Waals surface area contributed by atoms with Gasteiger partial charge in [0.1, 0.15) is 0 Å². The molecule has 0 aromatic heterocycles. The Morgan fingerprint density at radius 2 is 2.20 bits per heavy atom. The summed E-state index contributed by atoms with van der Waals surface area (Å²) in [6, 6.07) is 5.27. The number of anilines is 1. The van der Waals surface area contributed by atoms with Gasteiger partial charge in [0.05, 0.1) is 5.69 Å². The first kappa shape index (κ1) is 7.38. The minimum Gasteiger partial charge on any atom is -0.291 e. The number of hydrogen-bond donors (Lipinski definition) is 2. The molecular formula is C7H8ClNO. The molecule has 2 N–H and O–H groups in total. The Kier molecular flexibility index (Phi) is 2.14. The van der Waals surface area contributed by atoms with Crippen LogP contribution in [0.4, 0.5) is 5.69 Å². The molecule has 0 heterocycles. The van der Waals surface area contributed by atoms with E-state index >= 15 is 0 Å². The van der Waals surface area contributed by atoms with Gasteiger partial charge in [0.2, 0.25) is 0 Å². The highest BCUT2D eigenvalue weighted by Gasteiger charge is 1.95. The fourth-order valence-corrected chi connectivity index (χ4v) is 0.887. The average Bonchev–Trinajstić information content (AvgIpc) is 1.94. The van der Waals surface area contributed by atoms with E-state index in [0.29, 0.717) is 10.7 Å². The predicted molar refractivity (Wildman–Crippen MR) is 41.6 cm³/mol. The van der Waals surface area contributed by atoms with Gasteiger partial charge in [-0.1, -0.05) is 17.7 Å². The van der Waals surface area contributed by atoms with Crippen molar-refractivity contribution >= 4 is 17.3 Å². The Labute approximate surface area is 64.4 Å². The van der Waals surface area contributed by atoms with E-state index in [9.17, 15) is 0 Å². The van der Waals surface area contributed by atoms with E-state index in [1.54, 1.807) is 12.1 Å². The van der Waals surface area contributed by atoms with Crippen LogP contribution in [-0.2, 0) is 0 Å². The third-order valence-corrected chi connectivity index (χ3v) is 1.56. The Morgan fingerprint density at radius 1 is 1.50 bits per heavy atom. The van der Waals surface area contributed by atoms with Crippen molar-refractivity contribution in [2.45, 2.75) is 6.92 Å². The Balaban J connectivity index is 3.09. The first-order valence-corrected chi connectivity index (χ1v) is 3.28. The molecule has 54 valence electrons. The van der Waals surface area contributed by atoms with E-state index < -0.39 is 0 Å². The standard InChI is InChI=1S/C7H8ClNO/c1-5-2-3-6(8)4-7(5)9-10/h2-4,9-10H,1H3. The fourth-order valence-electron chi connectivity index (χ4n) is 0.715. The second-order valence-electron chi connectivity index (χ2n) is 2.07. The van der Waals surface area contributed by atoms with Gasteiger partial charge in [-0.2, -0.15) is 0 Å². The number of nitrogens with one attached hydrogen (secondary N) is 1. The summed E-state index contributed by atoms with van der Waals surface area (Å²) in [7, 11) is 0. The minimum atomic E-state index is 0.613. The van der Waals surface area contributed by atoms with Crippen LogP contribution in [0.1, 0.15) is 5.56 Å². The fraction of sp³-hybridized carbons (Fsp3) is 0.143. The first-order chi connectivity index (χ1) is 4.74. The van der Waals surface area contributed by atoms with E-state index in [1.165, 1.54) is 0 Å². The van der Waals surface area contributed by atoms with Crippen molar-refractivity contribution in [2.24, 2.45) is 0 Å². The van der Waals surface area contributed by atoms with Gasteiger partial charge in [0.25, 0.3) is 0 Å². The minimum absolute atomic E-state index is 0.613. The summed E-state index contributed by atoms with van der Waals surface area (Å²) < 4.78 is 0. The molecule has 0 spiro atoms. The molecule has 0 saturated heterocycles. The lowest BCUT2D eigenvalue weighted by Crippen LogP contribution is -1.91. The van der Waals surface area contributed by atoms with Crippen molar-refractivity contribution < 1.29 is 5.21 Å². The topological polar surface area (TPSA) is 32.3 Å². The Bertz CT molecular complexity index is 237. The molecule has 1 aromatic carbocycles. The maximum atomic E-state index is 8.53. The van der Waals surface area contributed by atoms with Crippen molar-refractivity contribution in [2.75, 3.05) is 5.48 Å². The van der Waals surface area contributed by atoms with Gasteiger partial charge in [0.15, 0.2) is 0 Å². The van der Waals surface area contributed by atoms with Crippen LogP contribution in [0, 0.1) is 6.92 Å². The van der Waals surface area contributed by atoms with Crippen molar-refractivity contribution in [3.05, 3.63) is 28.8 Å². The van der Waals surface area contributed by atoms with E-state index in [2.05, 4.69) is 5.48 Å². The zero-order valence-electron chi connectivity index (χ0n) is 5.56. The van der Waals surface area contributed by atoms with E-state index in [4.69, 9.17) is 16.8 Å². The molecule has 0 aliphatic rings. The molecule has 0 fully saturated rings. The third kappa shape index (κ3) is 1.40. The van der Waals surface area contributed by atoms with E-state index in [0.717, 1.165) is 5.56 Å². The zero-order valence-corrected chi connectivity index (χ0v) is 6.31. The lowest BCUT2D eigenvalue weighted by Gasteiger charge is -2.02. The number of benzene rings is 1. The maximum Gasteiger partial charge on any atom is 0.0646 e. The number of rotatable bonds is 1. The molecule has 0 aliphatic carbocycles. The summed E-state index contributed by atoms with van der Waals surface area (Å²) in [4.78, 5) is 0. The highest BCUT2D eigenvalue weighted by molar-refractivity contribution is 6.30. The summed E-state index contributed by atoms with van der Waals surface area (Å²) in [5, 5.41) is 9.15. The Hall–Kier alpha value is -0.730. The van der Waals surface area contributed by atoms with Crippen LogP contribution in [0.15, 0.2) is 18.2 Å². The highest BCUT2D eigenvalue weighted by Crippen LogP contribution is 2.18. The molecule has 1 rings (SSSR count). The smallest absolute Gasteiger partial charge is 0.0646 e. The van der Waals surface area contributed by atoms with Gasteiger partial charge >= 0.3 is 0 Å². The molecule has 0 bridgehead atoms. The van der Waals surface area contributed by atoms with Gasteiger partial charge in [0, 0.05) is 5.02 Å². The second-order valence-corrected chi connectivity index (χ2v) is 2.51. The van der Waals surface area contributed by atoms with Crippen molar-refractivity contribution in [1.29, 1.82) is 0 Å². The summed E-state index contributed by atoms with van der Waals surface area (Å²) in [6.45, 7) is 1.88. The summed E-state index contributed by atoms with van der Waals surface area (Å²) in [6.07, 6.45) is 0. The lowest BCUT2D eigenvalue weighted by atomic mass is 10.2. The molecule has 0 atom stereocenters. The van der Waals surface area contributed by atoms with Gasteiger partial charge in [-0.15, -0.1) is 0 Å². The number of hydrogen-bond acceptors (Lipinski definition) is 2. The van der Waals surface area contributed by atoms with Crippen molar-refractivity contribution in [1.82, 2.24) is 0 Å². The normalized spacial score (nSPS) is 9.50. The van der Waals surface area contributed by atoms with Crippen LogP contribution < -0.4 is 5.48 Å². The molecular weight excluding hydrogens is 150 g/mol. The molecule has 0 unspecified atom stereocenters. The molecule has 0 radical (unpaired) electrons. The van der Waals surface area contributed by atoms with E-state index in [-0.39, 0.29) is 0 Å². The van der Waals surface area contributed by atoms with Crippen LogP contribution in [0.2, 0.25) is 5.02 Å². The van der Waals surface area contributed by atoms with Crippen LogP contribution in [-0.4, -0.2) is 5.21 Å². The van der Waals surface area contributed by atoms with Crippen LogP contribution in [0.3, 0.4) is 0 Å². The van der Waals surface area contributed by atoms with Crippen molar-refractivity contribution in [3.63, 3.8) is 0 Å². The molecule has 10 heavy (non-hydrogen) atoms. The highest BCUT2D eigenvalue weighted by atomic mass is 35.5. The third-order valence-electron chi connectivity index (χ3n) is 1.32. The summed E-state index contributed by atoms with van der Waals surface area (Å²) in [5.41, 5.74) is 3.66. The number of aryl methyl sites for hydroxylation is 1. The summed E-state index contributed by atoms with van der Waals surface area (Å²) >= 11 is 5.64. The monoisotopic (exact) mass is 157 g/mol. The van der Waals surface area contributed by atoms with Crippen LogP contribution in [0.25, 0.3) is 0 Å². The van der Waals surface area contributed by atoms with Crippen LogP contribution >= 0.6 is 11.6 Å². The SMILES string of the molecule is Cc1ccc(Cl)cc1NO. The molecule has 0 aliphatic heterocycles. The van der Waals surface area contributed by atoms with Crippen LogP contribution in [0.5, 0.6) is 0 Å². The first-order valence-electron chi connectivity index (χ1n) is 2.90. The molecule has 2 nitrogen and oxygen atoms in total. The average molecular weight is 158 g/mol. The quantitative estimate of drug-likeness (QED) is 0.614. The van der Waals surface area contributed by atoms with Gasteiger partial charge < -0.3 is 0 Å². The van der Waals surface area contributed by atoms with Crippen molar-refractivity contribution in [3.8, 4) is 0 Å². The predicted octanol–water partition coefficient (Wildman–Crippen LogP) is 2.45. The number of halogens is 1. The molecule has 0 amide bonds. The van der Waals surface area contributed by atoms with Gasteiger partial charge in [-0.05, 0) is 24.6 Å². The summed E-state index contributed by atoms with van der Waals surface area (Å²) in [5.74, 6) is 0. The molecule has 1 aromatic rings. The molecule has 0 saturated carbocycles. The zero-order chi connectivity index (χ0) is 7.56. The Morgan fingerprint density at radius 3 is 2.70 bits per heavy atom. The maximum absolute atomic E-state index is 8.53. The lowest BCUT2D eigenvalue weighted by molar-refractivity contribution is 0.388. The van der Waals surface area contributed by atoms with Gasteiger partial charge in [-0.3, -0.25) is 10.7 Å². The largest absolute Gasteiger partial charge is 0.291 e. The second kappa shape index (κ2) is 2.90.